The van der Waals surface area contributed by atoms with Crippen molar-refractivity contribution in [2.75, 3.05) is 0 Å². The third-order valence-corrected chi connectivity index (χ3v) is 5.05. The van der Waals surface area contributed by atoms with Gasteiger partial charge in [0.2, 0.25) is 0 Å². The number of benzene rings is 3. The molecule has 0 N–H and O–H groups in total. The fourth-order valence-electron chi connectivity index (χ4n) is 3.65. The van der Waals surface area contributed by atoms with Gasteiger partial charge in [-0.3, -0.25) is 0 Å². The second kappa shape index (κ2) is 7.17. The molecule has 136 valence electrons. The molecule has 0 aliphatic heterocycles. The van der Waals surface area contributed by atoms with Gasteiger partial charge in [0.15, 0.2) is 0 Å². The van der Waals surface area contributed by atoms with Crippen molar-refractivity contribution in [2.45, 2.75) is 13.8 Å². The molecule has 4 rings (SSSR count). The van der Waals surface area contributed by atoms with Crippen molar-refractivity contribution in [1.29, 1.82) is 5.26 Å². The third kappa shape index (κ3) is 3.10. The summed E-state index contributed by atoms with van der Waals surface area (Å²) >= 11 is 0. The monoisotopic (exact) mass is 366 g/mol. The molecule has 0 saturated carbocycles. The van der Waals surface area contributed by atoms with Gasteiger partial charge in [0, 0.05) is 22.6 Å². The number of nitrogens with zero attached hydrogens (tertiary/aromatic N) is 2. The summed E-state index contributed by atoms with van der Waals surface area (Å²) in [5.74, 6) is -0.390. The standard InChI is InChI=1S/C25H19FN2/c1-17-13-21(14-22(16-27)24-9-5-6-10-25(24)26)18(2)28(17)23-12-11-19-7-3-4-8-20(19)15-23/h3-15H,1-2H3/b22-14-. The van der Waals surface area contributed by atoms with Crippen LogP contribution >= 0.6 is 0 Å². The fraction of sp³-hybridized carbons (Fsp3) is 0.0800. The average Bonchev–Trinajstić information content (AvgIpc) is 2.99. The van der Waals surface area contributed by atoms with Crippen LogP contribution in [0.1, 0.15) is 22.5 Å². The van der Waals surface area contributed by atoms with Gasteiger partial charge < -0.3 is 4.57 Å². The van der Waals surface area contributed by atoms with Gasteiger partial charge >= 0.3 is 0 Å². The van der Waals surface area contributed by atoms with Crippen LogP contribution < -0.4 is 0 Å². The molecule has 0 fully saturated rings. The number of allylic oxidation sites excluding steroid dienone is 1. The summed E-state index contributed by atoms with van der Waals surface area (Å²) in [6, 6.07) is 25.2. The fourth-order valence-corrected chi connectivity index (χ4v) is 3.65. The molecule has 3 heteroatoms. The van der Waals surface area contributed by atoms with Gasteiger partial charge in [0.1, 0.15) is 5.82 Å². The molecule has 0 atom stereocenters. The van der Waals surface area contributed by atoms with Crippen molar-refractivity contribution >= 4 is 22.4 Å². The topological polar surface area (TPSA) is 28.7 Å². The maximum Gasteiger partial charge on any atom is 0.131 e. The van der Waals surface area contributed by atoms with Gasteiger partial charge in [-0.1, -0.05) is 48.5 Å². The van der Waals surface area contributed by atoms with E-state index in [-0.39, 0.29) is 0 Å². The molecule has 4 aromatic rings. The van der Waals surface area contributed by atoms with Gasteiger partial charge in [-0.2, -0.15) is 5.26 Å². The molecule has 0 aliphatic carbocycles. The van der Waals surface area contributed by atoms with Crippen LogP contribution in [0.4, 0.5) is 4.39 Å². The highest BCUT2D eigenvalue weighted by Gasteiger charge is 2.13. The lowest BCUT2D eigenvalue weighted by molar-refractivity contribution is 0.624. The summed E-state index contributed by atoms with van der Waals surface area (Å²) in [4.78, 5) is 0. The molecule has 0 unspecified atom stereocenters. The van der Waals surface area contributed by atoms with Crippen molar-refractivity contribution in [3.63, 3.8) is 0 Å². The molecular formula is C25H19FN2. The Balaban J connectivity index is 1.83. The third-order valence-electron chi connectivity index (χ3n) is 5.05. The van der Waals surface area contributed by atoms with Gasteiger partial charge in [0.25, 0.3) is 0 Å². The molecule has 1 aromatic heterocycles. The molecule has 0 radical (unpaired) electrons. The Kier molecular flexibility index (Phi) is 4.55. The molecule has 0 saturated heterocycles. The van der Waals surface area contributed by atoms with Crippen LogP contribution in [-0.2, 0) is 0 Å². The Morgan fingerprint density at radius 3 is 2.39 bits per heavy atom. The van der Waals surface area contributed by atoms with E-state index >= 15 is 0 Å². The lowest BCUT2D eigenvalue weighted by atomic mass is 10.0. The highest BCUT2D eigenvalue weighted by atomic mass is 19.1. The van der Waals surface area contributed by atoms with E-state index in [1.54, 1.807) is 24.3 Å². The first-order chi connectivity index (χ1) is 13.6. The Hall–Kier alpha value is -3.64. The van der Waals surface area contributed by atoms with Gasteiger partial charge in [-0.25, -0.2) is 4.39 Å². The predicted molar refractivity (Wildman–Crippen MR) is 113 cm³/mol. The number of hydrogen-bond acceptors (Lipinski definition) is 1. The van der Waals surface area contributed by atoms with E-state index < -0.39 is 5.82 Å². The molecule has 0 bridgehead atoms. The molecule has 0 spiro atoms. The van der Waals surface area contributed by atoms with E-state index in [2.05, 4.69) is 41.0 Å². The summed E-state index contributed by atoms with van der Waals surface area (Å²) < 4.78 is 16.3. The number of hydrogen-bond donors (Lipinski definition) is 0. The van der Waals surface area contributed by atoms with Gasteiger partial charge in [-0.05, 0) is 60.5 Å². The van der Waals surface area contributed by atoms with Crippen molar-refractivity contribution in [1.82, 2.24) is 4.57 Å². The molecule has 28 heavy (non-hydrogen) atoms. The second-order valence-corrected chi connectivity index (χ2v) is 6.84. The number of aromatic nitrogens is 1. The lowest BCUT2D eigenvalue weighted by Gasteiger charge is -2.11. The van der Waals surface area contributed by atoms with E-state index in [0.717, 1.165) is 22.6 Å². The predicted octanol–water partition coefficient (Wildman–Crippen LogP) is 6.45. The van der Waals surface area contributed by atoms with Crippen molar-refractivity contribution < 1.29 is 4.39 Å². The summed E-state index contributed by atoms with van der Waals surface area (Å²) in [5.41, 5.74) is 4.68. The number of nitriles is 1. The van der Waals surface area contributed by atoms with E-state index in [0.29, 0.717) is 11.1 Å². The normalized spacial score (nSPS) is 11.6. The van der Waals surface area contributed by atoms with Crippen molar-refractivity contribution in [2.24, 2.45) is 0 Å². The van der Waals surface area contributed by atoms with Crippen molar-refractivity contribution in [3.8, 4) is 11.8 Å². The highest BCUT2D eigenvalue weighted by molar-refractivity contribution is 5.90. The first-order valence-electron chi connectivity index (χ1n) is 9.13. The van der Waals surface area contributed by atoms with E-state index in [1.807, 2.05) is 32.0 Å². The zero-order chi connectivity index (χ0) is 19.7. The summed E-state index contributed by atoms with van der Waals surface area (Å²) in [6.07, 6.45) is 1.76. The van der Waals surface area contributed by atoms with E-state index in [4.69, 9.17) is 0 Å². The molecule has 3 aromatic carbocycles. The van der Waals surface area contributed by atoms with Crippen LogP contribution in [-0.4, -0.2) is 4.57 Å². The Morgan fingerprint density at radius 1 is 0.929 bits per heavy atom. The minimum Gasteiger partial charge on any atom is -0.318 e. The lowest BCUT2D eigenvalue weighted by Crippen LogP contribution is -1.99. The number of halogens is 1. The van der Waals surface area contributed by atoms with Gasteiger partial charge in [0.05, 0.1) is 11.6 Å². The average molecular weight is 366 g/mol. The highest BCUT2D eigenvalue weighted by Crippen LogP contribution is 2.27. The quantitative estimate of drug-likeness (QED) is 0.383. The zero-order valence-corrected chi connectivity index (χ0v) is 15.8. The van der Waals surface area contributed by atoms with Crippen LogP contribution in [0.25, 0.3) is 28.1 Å². The molecule has 0 aliphatic rings. The first-order valence-corrected chi connectivity index (χ1v) is 9.13. The molecule has 1 heterocycles. The Labute approximate surface area is 163 Å². The maximum atomic E-state index is 14.1. The Bertz CT molecular complexity index is 1260. The Morgan fingerprint density at radius 2 is 1.64 bits per heavy atom. The largest absolute Gasteiger partial charge is 0.318 e. The van der Waals surface area contributed by atoms with E-state index in [1.165, 1.54) is 16.8 Å². The second-order valence-electron chi connectivity index (χ2n) is 6.84. The minimum atomic E-state index is -0.390. The SMILES string of the molecule is Cc1cc(/C=C(/C#N)c2ccccc2F)c(C)n1-c1ccc2ccccc2c1. The van der Waals surface area contributed by atoms with E-state index in [9.17, 15) is 9.65 Å². The maximum absolute atomic E-state index is 14.1. The van der Waals surface area contributed by atoms with Crippen LogP contribution in [0.3, 0.4) is 0 Å². The van der Waals surface area contributed by atoms with Crippen LogP contribution in [0, 0.1) is 31.0 Å². The minimum absolute atomic E-state index is 0.317. The molecule has 2 nitrogen and oxygen atoms in total. The van der Waals surface area contributed by atoms with Crippen molar-refractivity contribution in [3.05, 3.63) is 101 Å². The smallest absolute Gasteiger partial charge is 0.131 e. The zero-order valence-electron chi connectivity index (χ0n) is 15.8. The van der Waals surface area contributed by atoms with Crippen LogP contribution in [0.2, 0.25) is 0 Å². The summed E-state index contributed by atoms with van der Waals surface area (Å²) in [6.45, 7) is 4.05. The first kappa shape index (κ1) is 17.8. The molecular weight excluding hydrogens is 347 g/mol. The molecule has 0 amide bonds. The number of aryl methyl sites for hydroxylation is 1. The number of fused-ring (bicyclic) bond motifs is 1. The van der Waals surface area contributed by atoms with Crippen LogP contribution in [0.5, 0.6) is 0 Å². The van der Waals surface area contributed by atoms with Gasteiger partial charge in [-0.15, -0.1) is 0 Å². The van der Waals surface area contributed by atoms with Crippen LogP contribution in [0.15, 0.2) is 72.8 Å². The summed E-state index contributed by atoms with van der Waals surface area (Å²) in [5, 5.41) is 11.9. The summed E-state index contributed by atoms with van der Waals surface area (Å²) in [7, 11) is 0. The number of rotatable bonds is 3.